The van der Waals surface area contributed by atoms with E-state index in [1.165, 1.54) is 6.42 Å². The van der Waals surface area contributed by atoms with Gasteiger partial charge in [-0.05, 0) is 74.0 Å². The molecule has 0 saturated heterocycles. The molecule has 0 fully saturated rings. The first-order valence-corrected chi connectivity index (χ1v) is 15.6. The quantitative estimate of drug-likeness (QED) is 0.182. The molecule has 0 aliphatic rings. The Labute approximate surface area is 196 Å². The van der Waals surface area contributed by atoms with Crippen molar-refractivity contribution in [2.45, 2.75) is 118 Å². The van der Waals surface area contributed by atoms with Gasteiger partial charge in [-0.25, -0.2) is 0 Å². The lowest BCUT2D eigenvalue weighted by atomic mass is 9.83. The minimum absolute atomic E-state index is 0.258. The van der Waals surface area contributed by atoms with Gasteiger partial charge in [-0.3, -0.25) is 0 Å². The molecular weight excluding hydrogens is 402 g/mol. The first-order chi connectivity index (χ1) is 14.2. The molecule has 0 unspecified atom stereocenters. The lowest BCUT2D eigenvalue weighted by Gasteiger charge is -2.38. The molecule has 188 valence electrons. The lowest BCUT2D eigenvalue weighted by molar-refractivity contribution is 0.107. The van der Waals surface area contributed by atoms with Crippen LogP contribution in [0.25, 0.3) is 0 Å². The van der Waals surface area contributed by atoms with Gasteiger partial charge in [0.25, 0.3) is 0 Å². The molecule has 0 saturated carbocycles. The summed E-state index contributed by atoms with van der Waals surface area (Å²) in [5, 5.41) is 18.5. The molecule has 0 aromatic carbocycles. The van der Waals surface area contributed by atoms with Crippen LogP contribution in [0.15, 0.2) is 0 Å². The van der Waals surface area contributed by atoms with Crippen molar-refractivity contribution in [2.75, 3.05) is 39.5 Å². The summed E-state index contributed by atoms with van der Waals surface area (Å²) in [5.74, 6) is 0. The van der Waals surface area contributed by atoms with Crippen molar-refractivity contribution in [3.8, 4) is 0 Å². The van der Waals surface area contributed by atoms with E-state index in [1.807, 2.05) is 0 Å². The molecular formula is C26H57NO3Si. The fourth-order valence-corrected chi connectivity index (χ4v) is 5.08. The second kappa shape index (κ2) is 14.3. The highest BCUT2D eigenvalue weighted by molar-refractivity contribution is 6.74. The molecule has 2 N–H and O–H groups in total. The normalized spacial score (nSPS) is 13.9. The highest BCUT2D eigenvalue weighted by atomic mass is 28.4. The fraction of sp³-hybridized carbons (Fsp3) is 1.00. The van der Waals surface area contributed by atoms with E-state index >= 15 is 0 Å². The second-order valence-electron chi connectivity index (χ2n) is 12.7. The molecule has 0 atom stereocenters. The van der Waals surface area contributed by atoms with Crippen LogP contribution in [0.3, 0.4) is 0 Å². The Hall–Kier alpha value is 0.0569. The molecule has 0 radical (unpaired) electrons. The number of rotatable bonds is 18. The predicted molar refractivity (Wildman–Crippen MR) is 138 cm³/mol. The largest absolute Gasteiger partial charge is 0.417 e. The zero-order valence-electron chi connectivity index (χ0n) is 22.6. The summed E-state index contributed by atoms with van der Waals surface area (Å²) in [6.07, 6.45) is 8.61. The van der Waals surface area contributed by atoms with Crippen LogP contribution in [-0.4, -0.2) is 62.9 Å². The van der Waals surface area contributed by atoms with Crippen molar-refractivity contribution in [2.24, 2.45) is 10.8 Å². The standard InChI is InChI=1S/C26H57NO3Si/c1-24(2,3)31(8,9)30-21-15-12-18-27(22-25(4,5)16-10-13-19-28)23-26(6,7)17-11-14-20-29/h28-29H,10-23H2,1-9H3. The van der Waals surface area contributed by atoms with Gasteiger partial charge >= 0.3 is 0 Å². The van der Waals surface area contributed by atoms with E-state index in [0.717, 1.165) is 71.2 Å². The van der Waals surface area contributed by atoms with Crippen LogP contribution in [0.1, 0.15) is 99.8 Å². The Bertz CT molecular complexity index is 434. The van der Waals surface area contributed by atoms with Gasteiger partial charge in [0.1, 0.15) is 0 Å². The van der Waals surface area contributed by atoms with Crippen LogP contribution in [0.5, 0.6) is 0 Å². The van der Waals surface area contributed by atoms with Gasteiger partial charge in [-0.2, -0.15) is 0 Å². The molecule has 0 amide bonds. The lowest BCUT2D eigenvalue weighted by Crippen LogP contribution is -2.42. The molecule has 0 aromatic rings. The molecule has 0 rings (SSSR count). The number of aliphatic hydroxyl groups is 2. The first kappa shape index (κ1) is 31.1. The fourth-order valence-electron chi connectivity index (χ4n) is 3.99. The minimum atomic E-state index is -1.65. The summed E-state index contributed by atoms with van der Waals surface area (Å²) in [5.41, 5.74) is 0.516. The van der Waals surface area contributed by atoms with E-state index in [9.17, 15) is 0 Å². The Kier molecular flexibility index (Phi) is 14.4. The molecule has 0 heterocycles. The van der Waals surface area contributed by atoms with Crippen LogP contribution in [0.2, 0.25) is 18.1 Å². The Morgan fingerprint density at radius 1 is 0.677 bits per heavy atom. The van der Waals surface area contributed by atoms with E-state index in [-0.39, 0.29) is 15.9 Å². The number of hydrogen-bond donors (Lipinski definition) is 2. The molecule has 0 bridgehead atoms. The Morgan fingerprint density at radius 2 is 1.13 bits per heavy atom. The highest BCUT2D eigenvalue weighted by Gasteiger charge is 2.36. The van der Waals surface area contributed by atoms with Crippen LogP contribution in [0, 0.1) is 10.8 Å². The minimum Gasteiger partial charge on any atom is -0.417 e. The summed E-state index contributed by atoms with van der Waals surface area (Å²) in [6, 6.07) is 0. The summed E-state index contributed by atoms with van der Waals surface area (Å²) in [6.45, 7) is 25.9. The highest BCUT2D eigenvalue weighted by Crippen LogP contribution is 2.36. The van der Waals surface area contributed by atoms with Gasteiger partial charge in [0.15, 0.2) is 8.32 Å². The van der Waals surface area contributed by atoms with Gasteiger partial charge in [0.05, 0.1) is 0 Å². The summed E-state index contributed by atoms with van der Waals surface area (Å²) >= 11 is 0. The molecule has 0 aromatic heterocycles. The zero-order valence-corrected chi connectivity index (χ0v) is 23.6. The summed E-state index contributed by atoms with van der Waals surface area (Å²) < 4.78 is 6.38. The van der Waals surface area contributed by atoms with Gasteiger partial charge in [0.2, 0.25) is 0 Å². The molecule has 0 spiro atoms. The number of hydrogen-bond acceptors (Lipinski definition) is 4. The molecule has 4 nitrogen and oxygen atoms in total. The maximum Gasteiger partial charge on any atom is 0.191 e. The summed E-state index contributed by atoms with van der Waals surface area (Å²) in [7, 11) is -1.65. The van der Waals surface area contributed by atoms with Crippen LogP contribution < -0.4 is 0 Å². The van der Waals surface area contributed by atoms with E-state index in [2.05, 4.69) is 66.5 Å². The second-order valence-corrected chi connectivity index (χ2v) is 17.5. The molecule has 5 heteroatoms. The zero-order chi connectivity index (χ0) is 24.2. The smallest absolute Gasteiger partial charge is 0.191 e. The third-order valence-corrected chi connectivity index (χ3v) is 11.5. The molecule has 0 aliphatic heterocycles. The molecule has 31 heavy (non-hydrogen) atoms. The SMILES string of the molecule is CC(C)(CCCCO)CN(CCCCO[Si](C)(C)C(C)(C)C)CC(C)(C)CCCCO. The predicted octanol–water partition coefficient (Wildman–Crippen LogP) is 6.47. The van der Waals surface area contributed by atoms with E-state index in [1.54, 1.807) is 0 Å². The number of unbranched alkanes of at least 4 members (excludes halogenated alkanes) is 3. The Morgan fingerprint density at radius 3 is 1.52 bits per heavy atom. The van der Waals surface area contributed by atoms with Crippen LogP contribution in [0.4, 0.5) is 0 Å². The van der Waals surface area contributed by atoms with E-state index in [0.29, 0.717) is 13.2 Å². The monoisotopic (exact) mass is 459 g/mol. The first-order valence-electron chi connectivity index (χ1n) is 12.7. The van der Waals surface area contributed by atoms with E-state index in [4.69, 9.17) is 14.6 Å². The number of nitrogens with zero attached hydrogens (tertiary/aromatic N) is 1. The third-order valence-electron chi connectivity index (χ3n) is 6.96. The van der Waals surface area contributed by atoms with Gasteiger partial charge in [0, 0.05) is 32.9 Å². The van der Waals surface area contributed by atoms with Crippen molar-refractivity contribution in [1.29, 1.82) is 0 Å². The third kappa shape index (κ3) is 14.7. The van der Waals surface area contributed by atoms with Crippen molar-refractivity contribution < 1.29 is 14.6 Å². The average Bonchev–Trinajstić information content (AvgIpc) is 2.59. The van der Waals surface area contributed by atoms with Crippen LogP contribution in [-0.2, 0) is 4.43 Å². The summed E-state index contributed by atoms with van der Waals surface area (Å²) in [4.78, 5) is 2.67. The van der Waals surface area contributed by atoms with Crippen molar-refractivity contribution >= 4 is 8.32 Å². The number of aliphatic hydroxyl groups excluding tert-OH is 2. The van der Waals surface area contributed by atoms with Gasteiger partial charge in [-0.15, -0.1) is 0 Å². The molecule has 0 aliphatic carbocycles. The maximum absolute atomic E-state index is 9.14. The van der Waals surface area contributed by atoms with Crippen LogP contribution >= 0.6 is 0 Å². The van der Waals surface area contributed by atoms with Gasteiger partial charge < -0.3 is 19.5 Å². The Balaban J connectivity index is 4.79. The van der Waals surface area contributed by atoms with Crippen molar-refractivity contribution in [3.63, 3.8) is 0 Å². The van der Waals surface area contributed by atoms with Crippen molar-refractivity contribution in [3.05, 3.63) is 0 Å². The average molecular weight is 460 g/mol. The van der Waals surface area contributed by atoms with Crippen molar-refractivity contribution in [1.82, 2.24) is 4.90 Å². The maximum atomic E-state index is 9.14. The topological polar surface area (TPSA) is 52.9 Å². The van der Waals surface area contributed by atoms with E-state index < -0.39 is 8.32 Å². The van der Waals surface area contributed by atoms with Gasteiger partial charge in [-0.1, -0.05) is 61.3 Å².